The Morgan fingerprint density at radius 3 is 1.44 bits per heavy atom. The minimum Gasteiger partial charge on any atom is -0.462 e. The molecule has 43 heavy (non-hydrogen) atoms. The summed E-state index contributed by atoms with van der Waals surface area (Å²) in [5, 5.41) is 0. The minimum absolute atomic E-state index is 0.0426. The average Bonchev–Trinajstić information content (AvgIpc) is 2.95. The highest BCUT2D eigenvalue weighted by atomic mass is 16.6. The van der Waals surface area contributed by atoms with Crippen LogP contribution in [-0.2, 0) is 70.0 Å². The lowest BCUT2D eigenvalue weighted by atomic mass is 10.0. The highest BCUT2D eigenvalue weighted by molar-refractivity contribution is 5.87. The van der Waals surface area contributed by atoms with Crippen molar-refractivity contribution in [3.05, 3.63) is 59.2 Å². The van der Waals surface area contributed by atoms with Crippen LogP contribution < -0.4 is 0 Å². The molecule has 1 rings (SSSR count). The Balaban J connectivity index is 2.27. The summed E-state index contributed by atoms with van der Waals surface area (Å²) in [7, 11) is 0. The van der Waals surface area contributed by atoms with Crippen LogP contribution in [0.1, 0.15) is 56.2 Å². The number of hydrogen-bond acceptors (Lipinski definition) is 12. The molecule has 0 aliphatic rings. The van der Waals surface area contributed by atoms with Gasteiger partial charge in [-0.3, -0.25) is 19.2 Å². The quantitative estimate of drug-likeness (QED) is 0.0928. The van der Waals surface area contributed by atoms with Gasteiger partial charge in [0.1, 0.15) is 26.4 Å². The number of carbonyl (C=O) groups excluding carboxylic acids is 6. The predicted octanol–water partition coefficient (Wildman–Crippen LogP) is 3.05. The average molecular weight is 605 g/mol. The molecule has 0 unspecified atom stereocenters. The first-order valence-electron chi connectivity index (χ1n) is 13.7. The van der Waals surface area contributed by atoms with Gasteiger partial charge in [-0.25, -0.2) is 9.59 Å². The topological polar surface area (TPSA) is 158 Å². The molecule has 0 fully saturated rings. The number of ether oxygens (including phenoxy) is 6. The van der Waals surface area contributed by atoms with Crippen molar-refractivity contribution in [1.82, 2.24) is 0 Å². The number of benzene rings is 1. The normalized spacial score (nSPS) is 10.2. The molecule has 0 N–H and O–H groups in total. The second-order valence-electron chi connectivity index (χ2n) is 9.54. The van der Waals surface area contributed by atoms with Crippen LogP contribution in [0.2, 0.25) is 0 Å². The van der Waals surface area contributed by atoms with E-state index in [1.54, 1.807) is 18.2 Å². The summed E-state index contributed by atoms with van der Waals surface area (Å²) in [6.07, 6.45) is 0.602. The van der Waals surface area contributed by atoms with E-state index < -0.39 is 35.8 Å². The molecule has 0 saturated heterocycles. The van der Waals surface area contributed by atoms with Gasteiger partial charge >= 0.3 is 35.8 Å². The number of esters is 6. The number of aryl methyl sites for hydroxylation is 1. The van der Waals surface area contributed by atoms with Gasteiger partial charge in [-0.1, -0.05) is 31.4 Å². The van der Waals surface area contributed by atoms with Gasteiger partial charge in [-0.05, 0) is 50.3 Å². The van der Waals surface area contributed by atoms with Gasteiger partial charge in [0.2, 0.25) is 0 Å². The van der Waals surface area contributed by atoms with Crippen molar-refractivity contribution in [3.8, 4) is 0 Å². The zero-order valence-corrected chi connectivity index (χ0v) is 25.0. The molecule has 236 valence electrons. The highest BCUT2D eigenvalue weighted by Crippen LogP contribution is 2.14. The number of carbonyl (C=O) groups is 6. The third kappa shape index (κ3) is 17.2. The van der Waals surface area contributed by atoms with E-state index in [0.29, 0.717) is 24.0 Å². The Morgan fingerprint density at radius 1 is 0.581 bits per heavy atom. The molecule has 1 aromatic rings. The Hall–Kier alpha value is -4.48. The maximum absolute atomic E-state index is 12.3. The van der Waals surface area contributed by atoms with Crippen molar-refractivity contribution < 1.29 is 57.2 Å². The van der Waals surface area contributed by atoms with Crippen LogP contribution in [0.3, 0.4) is 0 Å². The van der Waals surface area contributed by atoms with E-state index in [1.165, 1.54) is 13.8 Å². The molecule has 0 aromatic heterocycles. The Bertz CT molecular complexity index is 1170. The maximum atomic E-state index is 12.3. The van der Waals surface area contributed by atoms with Gasteiger partial charge in [0.15, 0.2) is 0 Å². The monoisotopic (exact) mass is 604 g/mol. The second kappa shape index (κ2) is 20.4. The lowest BCUT2D eigenvalue weighted by Gasteiger charge is -2.10. The second-order valence-corrected chi connectivity index (χ2v) is 9.54. The van der Waals surface area contributed by atoms with Crippen molar-refractivity contribution in [3.63, 3.8) is 0 Å². The summed E-state index contributed by atoms with van der Waals surface area (Å²) in [6, 6.07) is 5.22. The highest BCUT2D eigenvalue weighted by Gasteiger charge is 2.13. The fraction of sp³-hybridized carbons (Fsp3) is 0.484. The summed E-state index contributed by atoms with van der Waals surface area (Å²) in [5.41, 5.74) is 2.67. The summed E-state index contributed by atoms with van der Waals surface area (Å²) in [6.45, 7) is 11.5. The molecule has 0 spiro atoms. The molecule has 0 heterocycles. The zero-order valence-electron chi connectivity index (χ0n) is 25.0. The van der Waals surface area contributed by atoms with Gasteiger partial charge in [0.05, 0.1) is 26.1 Å². The predicted molar refractivity (Wildman–Crippen MR) is 152 cm³/mol. The molecule has 0 bridgehead atoms. The maximum Gasteiger partial charge on any atom is 0.333 e. The van der Waals surface area contributed by atoms with Crippen LogP contribution >= 0.6 is 0 Å². The van der Waals surface area contributed by atoms with Gasteiger partial charge in [0, 0.05) is 24.0 Å². The first-order valence-corrected chi connectivity index (χ1v) is 13.7. The van der Waals surface area contributed by atoms with E-state index in [0.717, 1.165) is 5.56 Å². The molecule has 0 amide bonds. The third-order valence-electron chi connectivity index (χ3n) is 5.53. The Labute approximate surface area is 251 Å². The lowest BCUT2D eigenvalue weighted by molar-refractivity contribution is -0.152. The smallest absolute Gasteiger partial charge is 0.333 e. The molecule has 0 atom stereocenters. The molecule has 0 saturated carbocycles. The first kappa shape index (κ1) is 36.5. The van der Waals surface area contributed by atoms with Crippen LogP contribution in [0, 0.1) is 6.92 Å². The zero-order chi connectivity index (χ0) is 32.2. The minimum atomic E-state index is -0.532. The van der Waals surface area contributed by atoms with E-state index >= 15 is 0 Å². The van der Waals surface area contributed by atoms with Crippen LogP contribution in [0.4, 0.5) is 0 Å². The fourth-order valence-corrected chi connectivity index (χ4v) is 3.22. The van der Waals surface area contributed by atoms with E-state index in [4.69, 9.17) is 28.4 Å². The van der Waals surface area contributed by atoms with Crippen LogP contribution in [0.25, 0.3) is 0 Å². The summed E-state index contributed by atoms with van der Waals surface area (Å²) < 4.78 is 30.0. The van der Waals surface area contributed by atoms with Crippen molar-refractivity contribution in [2.45, 2.75) is 59.3 Å². The van der Waals surface area contributed by atoms with Gasteiger partial charge < -0.3 is 28.4 Å². The molecule has 0 aliphatic heterocycles. The van der Waals surface area contributed by atoms with Gasteiger partial charge in [-0.2, -0.15) is 0 Å². The van der Waals surface area contributed by atoms with E-state index in [2.05, 4.69) is 13.2 Å². The standard InChI is InChI=1S/C31H40O12/c1-21(2)30(36)42-12-6-8-26(32)38-14-16-40-28(34)19-24-11-10-23(5)25(18-24)20-29(35)41-17-15-39-27(33)9-7-13-43-31(37)22(3)4/h10-11,18H,1,3,6-9,12-17,19-20H2,2,4-5H3. The number of hydrogen-bond donors (Lipinski definition) is 0. The van der Waals surface area contributed by atoms with Crippen LogP contribution in [-0.4, -0.2) is 75.5 Å². The Morgan fingerprint density at radius 2 is 1.00 bits per heavy atom. The van der Waals surface area contributed by atoms with Crippen molar-refractivity contribution >= 4 is 35.8 Å². The summed E-state index contributed by atoms with van der Waals surface area (Å²) in [4.78, 5) is 70.4. The van der Waals surface area contributed by atoms with Gasteiger partial charge in [0.25, 0.3) is 0 Å². The molecule has 12 nitrogen and oxygen atoms in total. The molecular weight excluding hydrogens is 564 g/mol. The summed E-state index contributed by atoms with van der Waals surface area (Å²) >= 11 is 0. The summed E-state index contributed by atoms with van der Waals surface area (Å²) in [5.74, 6) is -3.11. The third-order valence-corrected chi connectivity index (χ3v) is 5.53. The van der Waals surface area contributed by atoms with Gasteiger partial charge in [-0.15, -0.1) is 0 Å². The number of rotatable bonds is 20. The van der Waals surface area contributed by atoms with Crippen LogP contribution in [0.5, 0.6) is 0 Å². The molecule has 12 heteroatoms. The molecular formula is C31H40O12. The lowest BCUT2D eigenvalue weighted by Crippen LogP contribution is -2.17. The van der Waals surface area contributed by atoms with Crippen molar-refractivity contribution in [1.29, 1.82) is 0 Å². The SMILES string of the molecule is C=C(C)C(=O)OCCCC(=O)OCCOC(=O)Cc1ccc(C)c(CC(=O)OCCOC(=O)CCCOC(=O)C(=C)C)c1. The van der Waals surface area contributed by atoms with Crippen molar-refractivity contribution in [2.24, 2.45) is 0 Å². The van der Waals surface area contributed by atoms with E-state index in [1.807, 2.05) is 6.92 Å². The molecule has 0 aliphatic carbocycles. The molecule has 0 radical (unpaired) electrons. The largest absolute Gasteiger partial charge is 0.462 e. The van der Waals surface area contributed by atoms with E-state index in [-0.39, 0.29) is 76.5 Å². The van der Waals surface area contributed by atoms with Crippen LogP contribution in [0.15, 0.2) is 42.5 Å². The fourth-order valence-electron chi connectivity index (χ4n) is 3.22. The van der Waals surface area contributed by atoms with Crippen molar-refractivity contribution in [2.75, 3.05) is 39.6 Å². The Kier molecular flexibility index (Phi) is 17.3. The first-order chi connectivity index (χ1) is 20.4. The van der Waals surface area contributed by atoms with E-state index in [9.17, 15) is 28.8 Å². The molecule has 1 aromatic carbocycles.